The number of fused-ring (bicyclic) bond motifs is 1. The molecule has 0 fully saturated rings. The normalized spacial score (nSPS) is 11.0. The van der Waals surface area contributed by atoms with Crippen LogP contribution in [-0.4, -0.2) is 14.1 Å². The van der Waals surface area contributed by atoms with Crippen molar-refractivity contribution >= 4 is 16.5 Å². The zero-order valence-electron chi connectivity index (χ0n) is 15.0. The highest BCUT2D eigenvalue weighted by atomic mass is 15.1. The number of hydrogen-bond donors (Lipinski definition) is 0. The van der Waals surface area contributed by atoms with Crippen LogP contribution >= 0.6 is 0 Å². The van der Waals surface area contributed by atoms with E-state index in [-0.39, 0.29) is 0 Å². The van der Waals surface area contributed by atoms with Crippen molar-refractivity contribution in [1.29, 1.82) is 0 Å². The van der Waals surface area contributed by atoms with E-state index in [2.05, 4.69) is 86.6 Å². The number of unbranched alkanes of at least 4 members (excludes halogenated alkanes) is 2. The lowest BCUT2D eigenvalue weighted by atomic mass is 9.96. The van der Waals surface area contributed by atoms with Crippen molar-refractivity contribution in [3.63, 3.8) is 0 Å². The molecule has 0 saturated carbocycles. The molecule has 0 aliphatic carbocycles. The van der Waals surface area contributed by atoms with Crippen LogP contribution in [0.4, 0.5) is 5.69 Å². The van der Waals surface area contributed by atoms with Gasteiger partial charge >= 0.3 is 0 Å². The monoisotopic (exact) mass is 317 g/mol. The van der Waals surface area contributed by atoms with Crippen molar-refractivity contribution in [2.24, 2.45) is 0 Å². The van der Waals surface area contributed by atoms with Crippen molar-refractivity contribution < 1.29 is 0 Å². The summed E-state index contributed by atoms with van der Waals surface area (Å²) < 4.78 is 0. The summed E-state index contributed by atoms with van der Waals surface area (Å²) in [7, 11) is 4.21. The molecule has 0 amide bonds. The standard InChI is InChI=1S/C23H27N/c1-4-5-6-9-18-14-16-19(17-15-18)20-10-7-12-22-21(20)11-8-13-23(22)24(2)3/h7-8,10-17H,4-6,9H2,1-3H3. The van der Waals surface area contributed by atoms with Gasteiger partial charge in [0.05, 0.1) is 0 Å². The largest absolute Gasteiger partial charge is 0.377 e. The summed E-state index contributed by atoms with van der Waals surface area (Å²) in [4.78, 5) is 2.18. The first-order valence-electron chi connectivity index (χ1n) is 8.99. The van der Waals surface area contributed by atoms with Crippen LogP contribution in [0, 0.1) is 0 Å². The van der Waals surface area contributed by atoms with E-state index in [1.807, 2.05) is 0 Å². The average Bonchev–Trinajstić information content (AvgIpc) is 2.61. The third-order valence-electron chi connectivity index (χ3n) is 4.71. The third-order valence-corrected chi connectivity index (χ3v) is 4.71. The van der Waals surface area contributed by atoms with Gasteiger partial charge in [0.2, 0.25) is 0 Å². The van der Waals surface area contributed by atoms with Gasteiger partial charge in [-0.2, -0.15) is 0 Å². The molecule has 0 spiro atoms. The quantitative estimate of drug-likeness (QED) is 0.482. The van der Waals surface area contributed by atoms with E-state index in [9.17, 15) is 0 Å². The molecule has 3 rings (SSSR count). The first-order chi connectivity index (χ1) is 11.7. The SMILES string of the molecule is CCCCCc1ccc(-c2cccc3c(N(C)C)cccc23)cc1. The highest BCUT2D eigenvalue weighted by molar-refractivity contribution is 6.03. The van der Waals surface area contributed by atoms with Gasteiger partial charge in [0, 0.05) is 25.2 Å². The predicted octanol–water partition coefficient (Wildman–Crippen LogP) is 6.31. The van der Waals surface area contributed by atoms with E-state index >= 15 is 0 Å². The minimum atomic E-state index is 1.19. The molecule has 1 heteroatoms. The molecule has 24 heavy (non-hydrogen) atoms. The second-order valence-electron chi connectivity index (χ2n) is 6.73. The summed E-state index contributed by atoms with van der Waals surface area (Å²) in [6.07, 6.45) is 5.07. The maximum Gasteiger partial charge on any atom is 0.0440 e. The minimum Gasteiger partial charge on any atom is -0.377 e. The first-order valence-corrected chi connectivity index (χ1v) is 8.99. The van der Waals surface area contributed by atoms with E-state index in [4.69, 9.17) is 0 Å². The van der Waals surface area contributed by atoms with Crippen LogP contribution in [0.15, 0.2) is 60.7 Å². The maximum absolute atomic E-state index is 2.29. The maximum atomic E-state index is 2.29. The molecule has 0 N–H and O–H groups in total. The lowest BCUT2D eigenvalue weighted by Gasteiger charge is -2.17. The zero-order valence-corrected chi connectivity index (χ0v) is 15.0. The second kappa shape index (κ2) is 7.53. The number of rotatable bonds is 6. The Kier molecular flexibility index (Phi) is 5.20. The van der Waals surface area contributed by atoms with Gasteiger partial charge in [0.25, 0.3) is 0 Å². The molecule has 0 heterocycles. The molecule has 0 bridgehead atoms. The highest BCUT2D eigenvalue weighted by Gasteiger charge is 2.08. The molecule has 1 nitrogen and oxygen atoms in total. The minimum absolute atomic E-state index is 1.19. The Morgan fingerprint density at radius 1 is 0.750 bits per heavy atom. The Bertz CT molecular complexity index is 800. The van der Waals surface area contributed by atoms with Gasteiger partial charge < -0.3 is 4.90 Å². The molecule has 0 atom stereocenters. The molecular formula is C23H27N. The van der Waals surface area contributed by atoms with Crippen molar-refractivity contribution in [2.75, 3.05) is 19.0 Å². The molecule has 124 valence electrons. The topological polar surface area (TPSA) is 3.24 Å². The molecule has 0 aliphatic rings. The summed E-state index contributed by atoms with van der Waals surface area (Å²) in [6.45, 7) is 2.26. The van der Waals surface area contributed by atoms with E-state index in [1.165, 1.54) is 58.8 Å². The van der Waals surface area contributed by atoms with Gasteiger partial charge in [0.15, 0.2) is 0 Å². The van der Waals surface area contributed by atoms with Gasteiger partial charge in [0.1, 0.15) is 0 Å². The Balaban J connectivity index is 1.96. The van der Waals surface area contributed by atoms with Gasteiger partial charge in [-0.15, -0.1) is 0 Å². The molecule has 0 radical (unpaired) electrons. The van der Waals surface area contributed by atoms with Crippen molar-refractivity contribution in [1.82, 2.24) is 0 Å². The highest BCUT2D eigenvalue weighted by Crippen LogP contribution is 2.33. The van der Waals surface area contributed by atoms with Crippen molar-refractivity contribution in [2.45, 2.75) is 32.6 Å². The lowest BCUT2D eigenvalue weighted by Crippen LogP contribution is -2.08. The molecule has 0 aromatic heterocycles. The van der Waals surface area contributed by atoms with Crippen molar-refractivity contribution in [3.8, 4) is 11.1 Å². The molecule has 0 unspecified atom stereocenters. The zero-order chi connectivity index (χ0) is 16.9. The third kappa shape index (κ3) is 3.46. The van der Waals surface area contributed by atoms with Gasteiger partial charge in [-0.1, -0.05) is 74.4 Å². The summed E-state index contributed by atoms with van der Waals surface area (Å²) in [6, 6.07) is 22.3. The Labute approximate surface area is 145 Å². The van der Waals surface area contributed by atoms with Crippen LogP contribution < -0.4 is 4.90 Å². The second-order valence-corrected chi connectivity index (χ2v) is 6.73. The number of aryl methyl sites for hydroxylation is 1. The Hall–Kier alpha value is -2.28. The van der Waals surface area contributed by atoms with Crippen LogP contribution in [-0.2, 0) is 6.42 Å². The average molecular weight is 317 g/mol. The fourth-order valence-electron chi connectivity index (χ4n) is 3.37. The number of hydrogen-bond acceptors (Lipinski definition) is 1. The Morgan fingerprint density at radius 3 is 2.17 bits per heavy atom. The predicted molar refractivity (Wildman–Crippen MR) is 107 cm³/mol. The summed E-state index contributed by atoms with van der Waals surface area (Å²) in [5.41, 5.74) is 5.33. The Morgan fingerprint density at radius 2 is 1.46 bits per heavy atom. The van der Waals surface area contributed by atoms with Crippen LogP contribution in [0.3, 0.4) is 0 Å². The summed E-state index contributed by atoms with van der Waals surface area (Å²) in [5, 5.41) is 2.63. The molecule has 0 saturated heterocycles. The number of nitrogens with zero attached hydrogens (tertiary/aromatic N) is 1. The molecule has 3 aromatic rings. The van der Waals surface area contributed by atoms with Crippen LogP contribution in [0.5, 0.6) is 0 Å². The smallest absolute Gasteiger partial charge is 0.0440 e. The van der Waals surface area contributed by atoms with Gasteiger partial charge in [-0.05, 0) is 41.0 Å². The van der Waals surface area contributed by atoms with E-state index < -0.39 is 0 Å². The number of benzene rings is 3. The summed E-state index contributed by atoms with van der Waals surface area (Å²) >= 11 is 0. The van der Waals surface area contributed by atoms with E-state index in [0.29, 0.717) is 0 Å². The summed E-state index contributed by atoms with van der Waals surface area (Å²) in [5.74, 6) is 0. The van der Waals surface area contributed by atoms with Crippen LogP contribution in [0.1, 0.15) is 31.7 Å². The van der Waals surface area contributed by atoms with Gasteiger partial charge in [-0.3, -0.25) is 0 Å². The first kappa shape index (κ1) is 16.6. The molecule has 3 aromatic carbocycles. The molecule has 0 aliphatic heterocycles. The lowest BCUT2D eigenvalue weighted by molar-refractivity contribution is 0.717. The fourth-order valence-corrected chi connectivity index (χ4v) is 3.37. The van der Waals surface area contributed by atoms with Crippen molar-refractivity contribution in [3.05, 3.63) is 66.2 Å². The number of anilines is 1. The van der Waals surface area contributed by atoms with Gasteiger partial charge in [-0.25, -0.2) is 0 Å². The van der Waals surface area contributed by atoms with Crippen LogP contribution in [0.2, 0.25) is 0 Å². The van der Waals surface area contributed by atoms with E-state index in [1.54, 1.807) is 0 Å². The fraction of sp³-hybridized carbons (Fsp3) is 0.304. The van der Waals surface area contributed by atoms with Crippen LogP contribution in [0.25, 0.3) is 21.9 Å². The molecular weight excluding hydrogens is 290 g/mol. The van der Waals surface area contributed by atoms with E-state index in [0.717, 1.165) is 0 Å².